The summed E-state index contributed by atoms with van der Waals surface area (Å²) < 4.78 is 22.2. The first-order valence-electron chi connectivity index (χ1n) is 7.27. The topological polar surface area (TPSA) is 36.9 Å². The van der Waals surface area contributed by atoms with Gasteiger partial charge in [0.15, 0.2) is 6.29 Å². The largest absolute Gasteiger partial charge is 0.497 e. The zero-order valence-electron chi connectivity index (χ0n) is 13.2. The molecule has 3 atom stereocenters. The molecule has 1 unspecified atom stereocenters. The smallest absolute Gasteiger partial charge is 0.178 e. The van der Waals surface area contributed by atoms with Gasteiger partial charge in [-0.2, -0.15) is 0 Å². The standard InChI is InChI=1S/C17H24O4/c1-12(9-17-20-13(2)14(3)21-17)10-19-11-15-5-7-16(18-4)8-6-15/h5-9,13-14,17H,10-11H2,1-4H3/b12-9+/t13-,14+,17?. The molecule has 1 fully saturated rings. The van der Waals surface area contributed by atoms with Gasteiger partial charge in [-0.25, -0.2) is 0 Å². The molecule has 0 bridgehead atoms. The Morgan fingerprint density at radius 3 is 2.33 bits per heavy atom. The molecule has 0 radical (unpaired) electrons. The highest BCUT2D eigenvalue weighted by molar-refractivity contribution is 5.26. The van der Waals surface area contributed by atoms with E-state index in [4.69, 9.17) is 18.9 Å². The second-order valence-electron chi connectivity index (χ2n) is 5.40. The van der Waals surface area contributed by atoms with Crippen LogP contribution in [0.2, 0.25) is 0 Å². The van der Waals surface area contributed by atoms with E-state index in [1.165, 1.54) is 0 Å². The molecule has 0 aromatic heterocycles. The van der Waals surface area contributed by atoms with E-state index < -0.39 is 0 Å². The Labute approximate surface area is 126 Å². The molecule has 0 spiro atoms. The molecule has 1 saturated heterocycles. The normalized spacial score (nSPS) is 26.1. The highest BCUT2D eigenvalue weighted by Gasteiger charge is 2.27. The molecule has 4 nitrogen and oxygen atoms in total. The van der Waals surface area contributed by atoms with E-state index in [9.17, 15) is 0 Å². The fourth-order valence-electron chi connectivity index (χ4n) is 2.09. The lowest BCUT2D eigenvalue weighted by molar-refractivity contribution is -0.0255. The summed E-state index contributed by atoms with van der Waals surface area (Å²) in [4.78, 5) is 0. The second-order valence-corrected chi connectivity index (χ2v) is 5.40. The van der Waals surface area contributed by atoms with E-state index in [-0.39, 0.29) is 18.5 Å². The number of methoxy groups -OCH3 is 1. The Morgan fingerprint density at radius 2 is 1.76 bits per heavy atom. The molecule has 0 amide bonds. The van der Waals surface area contributed by atoms with E-state index in [0.29, 0.717) is 13.2 Å². The van der Waals surface area contributed by atoms with Crippen LogP contribution in [0, 0.1) is 0 Å². The van der Waals surface area contributed by atoms with Crippen LogP contribution in [0.3, 0.4) is 0 Å². The van der Waals surface area contributed by atoms with Crippen molar-refractivity contribution >= 4 is 0 Å². The molecule has 1 aliphatic rings. The van der Waals surface area contributed by atoms with Crippen LogP contribution in [0.5, 0.6) is 5.75 Å². The second kappa shape index (κ2) is 7.59. The quantitative estimate of drug-likeness (QED) is 0.754. The van der Waals surface area contributed by atoms with Gasteiger partial charge in [0.05, 0.1) is 32.5 Å². The van der Waals surface area contributed by atoms with Crippen LogP contribution in [0.15, 0.2) is 35.9 Å². The van der Waals surface area contributed by atoms with E-state index >= 15 is 0 Å². The van der Waals surface area contributed by atoms with Gasteiger partial charge in [0.25, 0.3) is 0 Å². The van der Waals surface area contributed by atoms with Crippen LogP contribution < -0.4 is 4.74 Å². The van der Waals surface area contributed by atoms with E-state index in [1.54, 1.807) is 7.11 Å². The third-order valence-corrected chi connectivity index (χ3v) is 3.54. The summed E-state index contributed by atoms with van der Waals surface area (Å²) in [6.07, 6.45) is 2.01. The van der Waals surface area contributed by atoms with Crippen LogP contribution in [-0.2, 0) is 20.8 Å². The molecule has 4 heteroatoms. The molecule has 1 heterocycles. The minimum atomic E-state index is -0.250. The fourth-order valence-corrected chi connectivity index (χ4v) is 2.09. The zero-order valence-corrected chi connectivity index (χ0v) is 13.2. The summed E-state index contributed by atoms with van der Waals surface area (Å²) in [5.41, 5.74) is 2.23. The van der Waals surface area contributed by atoms with Crippen molar-refractivity contribution in [3.8, 4) is 5.75 Å². The lowest BCUT2D eigenvalue weighted by Crippen LogP contribution is -2.13. The summed E-state index contributed by atoms with van der Waals surface area (Å²) in [6, 6.07) is 7.88. The summed E-state index contributed by atoms with van der Waals surface area (Å²) in [5, 5.41) is 0. The van der Waals surface area contributed by atoms with Gasteiger partial charge < -0.3 is 18.9 Å². The third kappa shape index (κ3) is 4.84. The van der Waals surface area contributed by atoms with Crippen LogP contribution in [0.25, 0.3) is 0 Å². The van der Waals surface area contributed by atoms with Gasteiger partial charge in [-0.05, 0) is 50.1 Å². The molecule has 1 aromatic rings. The van der Waals surface area contributed by atoms with Gasteiger partial charge in [0.2, 0.25) is 0 Å². The fraction of sp³-hybridized carbons (Fsp3) is 0.529. The molecule has 2 rings (SSSR count). The maximum atomic E-state index is 5.70. The Morgan fingerprint density at radius 1 is 1.14 bits per heavy atom. The van der Waals surface area contributed by atoms with Crippen molar-refractivity contribution in [2.45, 2.75) is 45.9 Å². The van der Waals surface area contributed by atoms with Gasteiger partial charge in [-0.3, -0.25) is 0 Å². The first kappa shape index (κ1) is 16.0. The predicted molar refractivity (Wildman–Crippen MR) is 81.3 cm³/mol. The van der Waals surface area contributed by atoms with Crippen LogP contribution in [0.1, 0.15) is 26.3 Å². The summed E-state index contributed by atoms with van der Waals surface area (Å²) in [5.74, 6) is 0.855. The van der Waals surface area contributed by atoms with Crippen molar-refractivity contribution in [3.05, 3.63) is 41.5 Å². The van der Waals surface area contributed by atoms with Gasteiger partial charge in [0.1, 0.15) is 5.75 Å². The first-order chi connectivity index (χ1) is 10.1. The molecule has 116 valence electrons. The van der Waals surface area contributed by atoms with Crippen LogP contribution in [0.4, 0.5) is 0 Å². The summed E-state index contributed by atoms with van der Waals surface area (Å²) >= 11 is 0. The molecule has 1 aliphatic heterocycles. The zero-order chi connectivity index (χ0) is 15.2. The van der Waals surface area contributed by atoms with E-state index in [0.717, 1.165) is 16.9 Å². The van der Waals surface area contributed by atoms with Gasteiger partial charge in [-0.15, -0.1) is 0 Å². The molecular formula is C17H24O4. The molecular weight excluding hydrogens is 268 g/mol. The van der Waals surface area contributed by atoms with Gasteiger partial charge in [-0.1, -0.05) is 12.1 Å². The monoisotopic (exact) mass is 292 g/mol. The Hall–Kier alpha value is -1.36. The van der Waals surface area contributed by atoms with Crippen LogP contribution >= 0.6 is 0 Å². The number of rotatable bonds is 6. The Balaban J connectivity index is 1.74. The average molecular weight is 292 g/mol. The number of hydrogen-bond acceptors (Lipinski definition) is 4. The lowest BCUT2D eigenvalue weighted by Gasteiger charge is -2.09. The Kier molecular flexibility index (Phi) is 5.79. The van der Waals surface area contributed by atoms with Crippen molar-refractivity contribution in [2.24, 2.45) is 0 Å². The molecule has 0 N–H and O–H groups in total. The van der Waals surface area contributed by atoms with Gasteiger partial charge >= 0.3 is 0 Å². The molecule has 0 saturated carbocycles. The molecule has 1 aromatic carbocycles. The number of ether oxygens (including phenoxy) is 4. The minimum absolute atomic E-state index is 0.138. The van der Waals surface area contributed by atoms with E-state index in [1.807, 2.05) is 51.1 Å². The minimum Gasteiger partial charge on any atom is -0.497 e. The maximum absolute atomic E-state index is 5.70. The highest BCUT2D eigenvalue weighted by atomic mass is 16.7. The van der Waals surface area contributed by atoms with Crippen molar-refractivity contribution in [1.29, 1.82) is 0 Å². The average Bonchev–Trinajstić information content (AvgIpc) is 2.78. The first-order valence-corrected chi connectivity index (χ1v) is 7.27. The van der Waals surface area contributed by atoms with E-state index in [2.05, 4.69) is 0 Å². The van der Waals surface area contributed by atoms with Crippen molar-refractivity contribution in [3.63, 3.8) is 0 Å². The van der Waals surface area contributed by atoms with Crippen LogP contribution in [-0.4, -0.2) is 32.2 Å². The van der Waals surface area contributed by atoms with Crippen molar-refractivity contribution in [1.82, 2.24) is 0 Å². The maximum Gasteiger partial charge on any atom is 0.178 e. The SMILES string of the molecule is COc1ccc(COC/C(C)=C/C2O[C@@H](C)[C@@H](C)O2)cc1. The Bertz CT molecular complexity index is 456. The third-order valence-electron chi connectivity index (χ3n) is 3.54. The summed E-state index contributed by atoms with van der Waals surface area (Å²) in [6.45, 7) is 7.21. The number of benzene rings is 1. The summed E-state index contributed by atoms with van der Waals surface area (Å²) in [7, 11) is 1.66. The lowest BCUT2D eigenvalue weighted by atomic mass is 10.2. The van der Waals surface area contributed by atoms with Gasteiger partial charge in [0, 0.05) is 0 Å². The molecule has 0 aliphatic carbocycles. The molecule has 21 heavy (non-hydrogen) atoms. The highest BCUT2D eigenvalue weighted by Crippen LogP contribution is 2.20. The number of hydrogen-bond donors (Lipinski definition) is 0. The van der Waals surface area contributed by atoms with Crippen molar-refractivity contribution < 1.29 is 18.9 Å². The predicted octanol–water partition coefficient (Wildman–Crippen LogP) is 3.31. The van der Waals surface area contributed by atoms with Crippen molar-refractivity contribution in [2.75, 3.05) is 13.7 Å².